The SMILES string of the molecule is COC(=O)C1(C(=O)c2ccc(OC)c(Br)c2)COC1. The van der Waals surface area contributed by atoms with Crippen LogP contribution >= 0.6 is 15.9 Å². The average Bonchev–Trinajstić information content (AvgIpc) is 2.36. The number of methoxy groups -OCH3 is 2. The van der Waals surface area contributed by atoms with Crippen LogP contribution in [0.1, 0.15) is 10.4 Å². The molecule has 1 aromatic carbocycles. The smallest absolute Gasteiger partial charge is 0.324 e. The lowest BCUT2D eigenvalue weighted by atomic mass is 9.78. The van der Waals surface area contributed by atoms with Gasteiger partial charge in [-0.2, -0.15) is 0 Å². The maximum atomic E-state index is 12.5. The van der Waals surface area contributed by atoms with Crippen LogP contribution in [0.2, 0.25) is 0 Å². The van der Waals surface area contributed by atoms with E-state index in [0.29, 0.717) is 15.8 Å². The molecule has 0 unspecified atom stereocenters. The molecular formula is C13H13BrO5. The summed E-state index contributed by atoms with van der Waals surface area (Å²) in [5, 5.41) is 0. The Hall–Kier alpha value is -1.40. The quantitative estimate of drug-likeness (QED) is 0.479. The van der Waals surface area contributed by atoms with Crippen molar-refractivity contribution in [1.29, 1.82) is 0 Å². The Labute approximate surface area is 119 Å². The molecule has 1 saturated heterocycles. The maximum absolute atomic E-state index is 12.5. The highest BCUT2D eigenvalue weighted by Gasteiger charge is 2.53. The highest BCUT2D eigenvalue weighted by molar-refractivity contribution is 9.10. The number of hydrogen-bond acceptors (Lipinski definition) is 5. The van der Waals surface area contributed by atoms with Crippen molar-refractivity contribution in [2.24, 2.45) is 5.41 Å². The van der Waals surface area contributed by atoms with Gasteiger partial charge in [-0.05, 0) is 34.1 Å². The fourth-order valence-electron chi connectivity index (χ4n) is 1.93. The zero-order valence-electron chi connectivity index (χ0n) is 10.6. The zero-order valence-corrected chi connectivity index (χ0v) is 12.2. The van der Waals surface area contributed by atoms with Crippen LogP contribution in [0, 0.1) is 5.41 Å². The minimum Gasteiger partial charge on any atom is -0.496 e. The fourth-order valence-corrected chi connectivity index (χ4v) is 2.47. The first-order chi connectivity index (χ1) is 9.05. The van der Waals surface area contributed by atoms with Crippen molar-refractivity contribution in [2.75, 3.05) is 27.4 Å². The molecule has 0 spiro atoms. The van der Waals surface area contributed by atoms with E-state index in [2.05, 4.69) is 15.9 Å². The van der Waals surface area contributed by atoms with Crippen LogP contribution in [0.25, 0.3) is 0 Å². The minimum atomic E-state index is -1.21. The number of ether oxygens (including phenoxy) is 3. The molecular weight excluding hydrogens is 316 g/mol. The molecule has 2 rings (SSSR count). The highest BCUT2D eigenvalue weighted by atomic mass is 79.9. The lowest BCUT2D eigenvalue weighted by Crippen LogP contribution is -2.55. The minimum absolute atomic E-state index is 0.0577. The van der Waals surface area contributed by atoms with Gasteiger partial charge in [-0.3, -0.25) is 9.59 Å². The van der Waals surface area contributed by atoms with E-state index in [1.54, 1.807) is 18.2 Å². The molecule has 19 heavy (non-hydrogen) atoms. The molecule has 1 aliphatic rings. The van der Waals surface area contributed by atoms with E-state index in [9.17, 15) is 9.59 Å². The summed E-state index contributed by atoms with van der Waals surface area (Å²) in [5.41, 5.74) is -0.788. The first-order valence-corrected chi connectivity index (χ1v) is 6.39. The van der Waals surface area contributed by atoms with Crippen LogP contribution < -0.4 is 4.74 Å². The summed E-state index contributed by atoms with van der Waals surface area (Å²) in [6.07, 6.45) is 0. The van der Waals surface area contributed by atoms with Crippen LogP contribution in [0.4, 0.5) is 0 Å². The largest absolute Gasteiger partial charge is 0.496 e. The highest BCUT2D eigenvalue weighted by Crippen LogP contribution is 2.35. The summed E-state index contributed by atoms with van der Waals surface area (Å²) >= 11 is 3.31. The normalized spacial score (nSPS) is 16.4. The predicted octanol–water partition coefficient (Wildman–Crippen LogP) is 1.83. The van der Waals surface area contributed by atoms with Gasteiger partial charge in [0.1, 0.15) is 5.75 Å². The summed E-state index contributed by atoms with van der Waals surface area (Å²) in [4.78, 5) is 24.2. The topological polar surface area (TPSA) is 61.8 Å². The van der Waals surface area contributed by atoms with Crippen molar-refractivity contribution in [3.05, 3.63) is 28.2 Å². The molecule has 1 aromatic rings. The van der Waals surface area contributed by atoms with Gasteiger partial charge >= 0.3 is 5.97 Å². The van der Waals surface area contributed by atoms with Gasteiger partial charge in [0.2, 0.25) is 0 Å². The first kappa shape index (κ1) is 14.0. The summed E-state index contributed by atoms with van der Waals surface area (Å²) in [6, 6.07) is 4.92. The number of ketones is 1. The van der Waals surface area contributed by atoms with Crippen LogP contribution in [0.15, 0.2) is 22.7 Å². The van der Waals surface area contributed by atoms with E-state index < -0.39 is 11.4 Å². The van der Waals surface area contributed by atoms with Gasteiger partial charge in [0, 0.05) is 5.56 Å². The van der Waals surface area contributed by atoms with E-state index in [0.717, 1.165) is 0 Å². The summed E-state index contributed by atoms with van der Waals surface area (Å²) < 4.78 is 15.5. The number of Topliss-reactive ketones (excluding diaryl/α,β-unsaturated/α-hetero) is 1. The number of benzene rings is 1. The average molecular weight is 329 g/mol. The molecule has 102 valence electrons. The third kappa shape index (κ3) is 2.26. The lowest BCUT2D eigenvalue weighted by molar-refractivity contribution is -0.172. The van der Waals surface area contributed by atoms with E-state index in [4.69, 9.17) is 14.2 Å². The predicted molar refractivity (Wildman–Crippen MR) is 70.3 cm³/mol. The molecule has 5 nitrogen and oxygen atoms in total. The monoisotopic (exact) mass is 328 g/mol. The molecule has 0 atom stereocenters. The zero-order chi connectivity index (χ0) is 14.0. The number of esters is 1. The lowest BCUT2D eigenvalue weighted by Gasteiger charge is -2.36. The van der Waals surface area contributed by atoms with E-state index in [-0.39, 0.29) is 19.0 Å². The molecule has 0 N–H and O–H groups in total. The number of rotatable bonds is 4. The Bertz CT molecular complexity index is 522. The van der Waals surface area contributed by atoms with Crippen LogP contribution in [0.5, 0.6) is 5.75 Å². The van der Waals surface area contributed by atoms with E-state index >= 15 is 0 Å². The van der Waals surface area contributed by atoms with E-state index in [1.807, 2.05) is 0 Å². The second kappa shape index (κ2) is 5.30. The van der Waals surface area contributed by atoms with Crippen molar-refractivity contribution >= 4 is 27.7 Å². The van der Waals surface area contributed by atoms with Gasteiger partial charge in [-0.15, -0.1) is 0 Å². The second-order valence-corrected chi connectivity index (χ2v) is 5.10. The van der Waals surface area contributed by atoms with E-state index in [1.165, 1.54) is 14.2 Å². The summed E-state index contributed by atoms with van der Waals surface area (Å²) in [5.74, 6) is -0.238. The molecule has 1 heterocycles. The third-order valence-corrected chi connectivity index (χ3v) is 3.74. The molecule has 0 bridgehead atoms. The Kier molecular flexibility index (Phi) is 3.91. The first-order valence-electron chi connectivity index (χ1n) is 5.59. The van der Waals surface area contributed by atoms with Crippen LogP contribution in [0.3, 0.4) is 0 Å². The molecule has 0 saturated carbocycles. The number of halogens is 1. The van der Waals surface area contributed by atoms with Gasteiger partial charge in [0.15, 0.2) is 11.2 Å². The molecule has 0 radical (unpaired) electrons. The molecule has 0 aliphatic carbocycles. The molecule has 0 aromatic heterocycles. The molecule has 1 aliphatic heterocycles. The van der Waals surface area contributed by atoms with Gasteiger partial charge in [0.25, 0.3) is 0 Å². The maximum Gasteiger partial charge on any atom is 0.324 e. The van der Waals surface area contributed by atoms with Crippen LogP contribution in [-0.2, 0) is 14.3 Å². The van der Waals surface area contributed by atoms with Crippen molar-refractivity contribution in [2.45, 2.75) is 0 Å². The van der Waals surface area contributed by atoms with Crippen molar-refractivity contribution in [1.82, 2.24) is 0 Å². The van der Waals surface area contributed by atoms with Crippen LogP contribution in [-0.4, -0.2) is 39.2 Å². The van der Waals surface area contributed by atoms with Crippen molar-refractivity contribution in [3.63, 3.8) is 0 Å². The fraction of sp³-hybridized carbons (Fsp3) is 0.385. The number of hydrogen-bond donors (Lipinski definition) is 0. The Morgan fingerprint density at radius 3 is 2.42 bits per heavy atom. The Morgan fingerprint density at radius 1 is 1.32 bits per heavy atom. The Balaban J connectivity index is 2.33. The van der Waals surface area contributed by atoms with Gasteiger partial charge < -0.3 is 14.2 Å². The summed E-state index contributed by atoms with van der Waals surface area (Å²) in [6.45, 7) is 0.115. The van der Waals surface area contributed by atoms with Gasteiger partial charge in [-0.1, -0.05) is 0 Å². The molecule has 1 fully saturated rings. The Morgan fingerprint density at radius 2 is 2.00 bits per heavy atom. The molecule has 6 heteroatoms. The standard InChI is InChI=1S/C13H13BrO5/c1-17-10-4-3-8(5-9(10)14)11(15)13(6-19-7-13)12(16)18-2/h3-5H,6-7H2,1-2H3. The number of carbonyl (C=O) groups excluding carboxylic acids is 2. The van der Waals surface area contributed by atoms with Gasteiger partial charge in [-0.25, -0.2) is 0 Å². The molecule has 0 amide bonds. The number of carbonyl (C=O) groups is 2. The van der Waals surface area contributed by atoms with Gasteiger partial charge in [0.05, 0.1) is 31.9 Å². The third-order valence-electron chi connectivity index (χ3n) is 3.12. The summed E-state index contributed by atoms with van der Waals surface area (Å²) in [7, 11) is 2.80. The second-order valence-electron chi connectivity index (χ2n) is 4.24. The van der Waals surface area contributed by atoms with Crippen molar-refractivity contribution in [3.8, 4) is 5.75 Å². The van der Waals surface area contributed by atoms with Crippen molar-refractivity contribution < 1.29 is 23.8 Å².